The minimum absolute atomic E-state index is 0.744. The molecule has 0 radical (unpaired) electrons. The predicted octanol–water partition coefficient (Wildman–Crippen LogP) is 1.15. The van der Waals surface area contributed by atoms with Crippen molar-refractivity contribution in [2.75, 3.05) is 39.3 Å². The lowest BCUT2D eigenvalue weighted by molar-refractivity contribution is 0.0161. The first-order valence-electron chi connectivity index (χ1n) is 7.00. The number of piperidine rings is 1. The molecule has 2 atom stereocenters. The van der Waals surface area contributed by atoms with E-state index in [-0.39, 0.29) is 0 Å². The molecule has 2 heterocycles. The average Bonchev–Trinajstić information content (AvgIpc) is 2.30. The number of likely N-dealkylation sites (N-methyl/N-ethyl adjacent to an activating group) is 1. The van der Waals surface area contributed by atoms with Crippen molar-refractivity contribution in [3.05, 3.63) is 0 Å². The first-order valence-corrected chi connectivity index (χ1v) is 7.00. The third-order valence-electron chi connectivity index (χ3n) is 4.14. The summed E-state index contributed by atoms with van der Waals surface area (Å²) in [4.78, 5) is 5.40. The Morgan fingerprint density at radius 2 is 2.12 bits per heavy atom. The Balaban J connectivity index is 1.80. The first-order chi connectivity index (χ1) is 7.81. The highest BCUT2D eigenvalue weighted by atomic mass is 15.3. The number of hydrogen-bond acceptors (Lipinski definition) is 3. The molecule has 2 saturated heterocycles. The molecule has 16 heavy (non-hydrogen) atoms. The second-order valence-corrected chi connectivity index (χ2v) is 5.34. The molecule has 2 rings (SSSR count). The molecule has 0 aromatic rings. The predicted molar refractivity (Wildman–Crippen MR) is 68.8 cm³/mol. The number of fused-ring (bicyclic) bond motifs is 1. The fourth-order valence-electron chi connectivity index (χ4n) is 3.12. The molecule has 0 saturated carbocycles. The van der Waals surface area contributed by atoms with E-state index in [1.165, 1.54) is 45.4 Å². The van der Waals surface area contributed by atoms with Gasteiger partial charge in [-0.1, -0.05) is 13.3 Å². The average molecular weight is 225 g/mol. The molecule has 0 aromatic carbocycles. The van der Waals surface area contributed by atoms with Crippen LogP contribution in [-0.4, -0.2) is 61.2 Å². The van der Waals surface area contributed by atoms with Crippen molar-refractivity contribution in [1.29, 1.82) is 0 Å². The Bertz CT molecular complexity index is 207. The molecule has 0 aliphatic carbocycles. The minimum Gasteiger partial charge on any atom is -0.316 e. The minimum atomic E-state index is 0.744. The molecule has 3 heteroatoms. The number of hydrogen-bond donors (Lipinski definition) is 1. The van der Waals surface area contributed by atoms with E-state index in [4.69, 9.17) is 0 Å². The van der Waals surface area contributed by atoms with Crippen LogP contribution in [0.5, 0.6) is 0 Å². The van der Waals surface area contributed by atoms with Crippen LogP contribution in [0.25, 0.3) is 0 Å². The molecule has 2 aliphatic heterocycles. The molecule has 2 unspecified atom stereocenters. The summed E-state index contributed by atoms with van der Waals surface area (Å²) in [5.74, 6) is 0. The SMILES string of the molecule is CCNCCN1CC2CCCCN2CC1C. The van der Waals surface area contributed by atoms with Gasteiger partial charge in [0.2, 0.25) is 0 Å². The van der Waals surface area contributed by atoms with Crippen LogP contribution in [0.15, 0.2) is 0 Å². The van der Waals surface area contributed by atoms with Gasteiger partial charge >= 0.3 is 0 Å². The van der Waals surface area contributed by atoms with Crippen molar-refractivity contribution >= 4 is 0 Å². The molecular formula is C13H27N3. The zero-order chi connectivity index (χ0) is 11.4. The molecule has 2 aliphatic rings. The smallest absolute Gasteiger partial charge is 0.0223 e. The van der Waals surface area contributed by atoms with Crippen LogP contribution in [0.2, 0.25) is 0 Å². The maximum Gasteiger partial charge on any atom is 0.0223 e. The largest absolute Gasteiger partial charge is 0.316 e. The lowest BCUT2D eigenvalue weighted by Crippen LogP contribution is -2.59. The van der Waals surface area contributed by atoms with E-state index in [1.807, 2.05) is 0 Å². The Morgan fingerprint density at radius 3 is 2.94 bits per heavy atom. The van der Waals surface area contributed by atoms with Gasteiger partial charge in [0.1, 0.15) is 0 Å². The number of nitrogens with zero attached hydrogens (tertiary/aromatic N) is 2. The van der Waals surface area contributed by atoms with Crippen LogP contribution in [0.3, 0.4) is 0 Å². The standard InChI is InChI=1S/C13H27N3/c1-3-14-7-9-15-11-13-6-4-5-8-16(13)10-12(15)2/h12-14H,3-11H2,1-2H3. The molecule has 0 bridgehead atoms. The van der Waals surface area contributed by atoms with Crippen molar-refractivity contribution in [2.45, 2.75) is 45.2 Å². The third-order valence-corrected chi connectivity index (χ3v) is 4.14. The van der Waals surface area contributed by atoms with Crippen molar-refractivity contribution in [3.8, 4) is 0 Å². The topological polar surface area (TPSA) is 18.5 Å². The summed E-state index contributed by atoms with van der Waals surface area (Å²) in [6.07, 6.45) is 4.28. The van der Waals surface area contributed by atoms with Crippen LogP contribution in [-0.2, 0) is 0 Å². The second kappa shape index (κ2) is 5.99. The zero-order valence-corrected chi connectivity index (χ0v) is 10.9. The summed E-state index contributed by atoms with van der Waals surface area (Å²) in [7, 11) is 0. The van der Waals surface area contributed by atoms with Gasteiger partial charge in [-0.15, -0.1) is 0 Å². The van der Waals surface area contributed by atoms with Gasteiger partial charge in [0.15, 0.2) is 0 Å². The molecule has 1 N–H and O–H groups in total. The summed E-state index contributed by atoms with van der Waals surface area (Å²) in [5.41, 5.74) is 0. The normalized spacial score (nSPS) is 32.6. The molecule has 0 spiro atoms. The molecule has 3 nitrogen and oxygen atoms in total. The number of piperazine rings is 1. The Morgan fingerprint density at radius 1 is 1.25 bits per heavy atom. The van der Waals surface area contributed by atoms with E-state index >= 15 is 0 Å². The van der Waals surface area contributed by atoms with Gasteiger partial charge in [-0.25, -0.2) is 0 Å². The van der Waals surface area contributed by atoms with Gasteiger partial charge < -0.3 is 5.32 Å². The van der Waals surface area contributed by atoms with E-state index in [0.29, 0.717) is 0 Å². The Kier molecular flexibility index (Phi) is 4.62. The van der Waals surface area contributed by atoms with E-state index in [2.05, 4.69) is 29.0 Å². The van der Waals surface area contributed by atoms with E-state index in [0.717, 1.165) is 25.2 Å². The molecule has 0 aromatic heterocycles. The van der Waals surface area contributed by atoms with Crippen molar-refractivity contribution < 1.29 is 0 Å². The van der Waals surface area contributed by atoms with Crippen LogP contribution < -0.4 is 5.32 Å². The van der Waals surface area contributed by atoms with Gasteiger partial charge in [-0.05, 0) is 32.9 Å². The van der Waals surface area contributed by atoms with Crippen LogP contribution in [0, 0.1) is 0 Å². The summed E-state index contributed by atoms with van der Waals surface area (Å²) in [6.45, 7) is 12.0. The van der Waals surface area contributed by atoms with Gasteiger partial charge in [0, 0.05) is 38.3 Å². The number of nitrogens with one attached hydrogen (secondary N) is 1. The highest BCUT2D eigenvalue weighted by molar-refractivity contribution is 4.89. The summed E-state index contributed by atoms with van der Waals surface area (Å²) < 4.78 is 0. The quantitative estimate of drug-likeness (QED) is 0.724. The molecule has 2 fully saturated rings. The van der Waals surface area contributed by atoms with Crippen molar-refractivity contribution in [2.24, 2.45) is 0 Å². The molecular weight excluding hydrogens is 198 g/mol. The first kappa shape index (κ1) is 12.3. The van der Waals surface area contributed by atoms with Gasteiger partial charge in [0.05, 0.1) is 0 Å². The van der Waals surface area contributed by atoms with Gasteiger partial charge in [-0.2, -0.15) is 0 Å². The maximum atomic E-state index is 3.43. The molecule has 0 amide bonds. The maximum absolute atomic E-state index is 3.43. The lowest BCUT2D eigenvalue weighted by Gasteiger charge is -2.47. The van der Waals surface area contributed by atoms with Crippen LogP contribution in [0.1, 0.15) is 33.1 Å². The fraction of sp³-hybridized carbons (Fsp3) is 1.00. The molecule has 94 valence electrons. The van der Waals surface area contributed by atoms with Gasteiger partial charge in [-0.3, -0.25) is 9.80 Å². The van der Waals surface area contributed by atoms with Crippen molar-refractivity contribution in [3.63, 3.8) is 0 Å². The van der Waals surface area contributed by atoms with Crippen LogP contribution in [0.4, 0.5) is 0 Å². The Labute approximate surface area is 100 Å². The summed E-state index contributed by atoms with van der Waals surface area (Å²) in [5, 5.41) is 3.43. The number of rotatable bonds is 4. The second-order valence-electron chi connectivity index (χ2n) is 5.34. The fourth-order valence-corrected chi connectivity index (χ4v) is 3.12. The third kappa shape index (κ3) is 2.96. The summed E-state index contributed by atoms with van der Waals surface area (Å²) in [6, 6.07) is 1.60. The van der Waals surface area contributed by atoms with Crippen molar-refractivity contribution in [1.82, 2.24) is 15.1 Å². The van der Waals surface area contributed by atoms with E-state index < -0.39 is 0 Å². The van der Waals surface area contributed by atoms with Crippen LogP contribution >= 0.6 is 0 Å². The summed E-state index contributed by atoms with van der Waals surface area (Å²) >= 11 is 0. The van der Waals surface area contributed by atoms with E-state index in [1.54, 1.807) is 0 Å². The Hall–Kier alpha value is -0.120. The lowest BCUT2D eigenvalue weighted by atomic mass is 9.97. The monoisotopic (exact) mass is 225 g/mol. The van der Waals surface area contributed by atoms with E-state index in [9.17, 15) is 0 Å². The highest BCUT2D eigenvalue weighted by Gasteiger charge is 2.32. The highest BCUT2D eigenvalue weighted by Crippen LogP contribution is 2.23. The zero-order valence-electron chi connectivity index (χ0n) is 10.9. The van der Waals surface area contributed by atoms with Gasteiger partial charge in [0.25, 0.3) is 0 Å².